The van der Waals surface area contributed by atoms with E-state index in [9.17, 15) is 14.0 Å². The minimum Gasteiger partial charge on any atom is -0.447 e. The summed E-state index contributed by atoms with van der Waals surface area (Å²) < 4.78 is 25.0. The van der Waals surface area contributed by atoms with Crippen molar-refractivity contribution in [3.05, 3.63) is 65.2 Å². The standard InChI is InChI=1S/C25H25FO4/c1-15(2)23(27)29-22-21(24(28)30-25(22)12-4-5-13-25)20-14-18(7-6-16(20)3)17-8-10-19(26)11-9-17/h6-11,14-15H,4-5,12-13H2,1-3H3. The molecule has 1 spiro atoms. The topological polar surface area (TPSA) is 52.6 Å². The SMILES string of the molecule is Cc1ccc(-c2ccc(F)cc2)cc1C1=C(OC(=O)C(C)C)C2(CCCC2)OC1=O. The van der Waals surface area contributed by atoms with Crippen LogP contribution in [0.1, 0.15) is 50.7 Å². The van der Waals surface area contributed by atoms with Crippen LogP contribution in [0, 0.1) is 18.7 Å². The summed E-state index contributed by atoms with van der Waals surface area (Å²) in [5.74, 6) is -1.11. The second kappa shape index (κ2) is 7.71. The first-order chi connectivity index (χ1) is 14.3. The molecule has 2 aromatic carbocycles. The number of benzene rings is 2. The molecule has 30 heavy (non-hydrogen) atoms. The van der Waals surface area contributed by atoms with Gasteiger partial charge in [-0.15, -0.1) is 0 Å². The lowest BCUT2D eigenvalue weighted by atomic mass is 9.91. The number of rotatable bonds is 4. The molecule has 0 aromatic heterocycles. The van der Waals surface area contributed by atoms with Crippen LogP contribution >= 0.6 is 0 Å². The number of halogens is 1. The van der Waals surface area contributed by atoms with Gasteiger partial charge in [0.25, 0.3) is 0 Å². The predicted octanol–water partition coefficient (Wildman–Crippen LogP) is 5.58. The summed E-state index contributed by atoms with van der Waals surface area (Å²) in [6, 6.07) is 11.9. The molecule has 4 nitrogen and oxygen atoms in total. The van der Waals surface area contributed by atoms with Crippen LogP contribution in [0.3, 0.4) is 0 Å². The Bertz CT molecular complexity index is 1030. The highest BCUT2D eigenvalue weighted by Gasteiger charge is 2.52. The molecule has 4 rings (SSSR count). The molecule has 0 saturated heterocycles. The Labute approximate surface area is 175 Å². The molecule has 1 heterocycles. The van der Waals surface area contributed by atoms with Gasteiger partial charge in [-0.25, -0.2) is 9.18 Å². The largest absolute Gasteiger partial charge is 0.447 e. The number of esters is 2. The monoisotopic (exact) mass is 408 g/mol. The zero-order valence-electron chi connectivity index (χ0n) is 17.5. The van der Waals surface area contributed by atoms with Crippen LogP contribution in [0.15, 0.2) is 48.2 Å². The van der Waals surface area contributed by atoms with Gasteiger partial charge < -0.3 is 9.47 Å². The Balaban J connectivity index is 1.86. The van der Waals surface area contributed by atoms with Crippen molar-refractivity contribution in [3.63, 3.8) is 0 Å². The minimum absolute atomic E-state index is 0.306. The van der Waals surface area contributed by atoms with Gasteiger partial charge in [0.05, 0.1) is 5.92 Å². The average molecular weight is 408 g/mol. The van der Waals surface area contributed by atoms with E-state index in [1.807, 2.05) is 25.1 Å². The lowest BCUT2D eigenvalue weighted by molar-refractivity contribution is -0.153. The number of carbonyl (C=O) groups is 2. The van der Waals surface area contributed by atoms with E-state index < -0.39 is 11.6 Å². The highest BCUT2D eigenvalue weighted by molar-refractivity contribution is 6.20. The van der Waals surface area contributed by atoms with Gasteiger partial charge in [-0.2, -0.15) is 0 Å². The smallest absolute Gasteiger partial charge is 0.343 e. The fourth-order valence-corrected chi connectivity index (χ4v) is 4.18. The molecule has 0 bridgehead atoms. The molecule has 156 valence electrons. The Hall–Kier alpha value is -2.95. The second-order valence-electron chi connectivity index (χ2n) is 8.41. The van der Waals surface area contributed by atoms with E-state index in [1.165, 1.54) is 12.1 Å². The molecular formula is C25H25FO4. The lowest BCUT2D eigenvalue weighted by Gasteiger charge is -2.25. The molecule has 5 heteroatoms. The molecule has 1 fully saturated rings. The van der Waals surface area contributed by atoms with Crippen LogP contribution in [0.25, 0.3) is 16.7 Å². The maximum atomic E-state index is 13.3. The van der Waals surface area contributed by atoms with Crippen LogP contribution in [0.5, 0.6) is 0 Å². The van der Waals surface area contributed by atoms with E-state index in [4.69, 9.17) is 9.47 Å². The Kier molecular flexibility index (Phi) is 5.22. The van der Waals surface area contributed by atoms with Gasteiger partial charge in [0.15, 0.2) is 11.4 Å². The van der Waals surface area contributed by atoms with E-state index in [-0.39, 0.29) is 17.7 Å². The lowest BCUT2D eigenvalue weighted by Crippen LogP contribution is -2.31. The molecule has 1 saturated carbocycles. The van der Waals surface area contributed by atoms with Gasteiger partial charge in [-0.05, 0) is 73.1 Å². The number of ether oxygens (including phenoxy) is 2. The average Bonchev–Trinajstić information content (AvgIpc) is 3.28. The predicted molar refractivity (Wildman–Crippen MR) is 112 cm³/mol. The zero-order chi connectivity index (χ0) is 21.5. The second-order valence-corrected chi connectivity index (χ2v) is 8.41. The first kappa shape index (κ1) is 20.3. The molecule has 0 amide bonds. The minimum atomic E-state index is -0.852. The third-order valence-corrected chi connectivity index (χ3v) is 5.90. The summed E-state index contributed by atoms with van der Waals surface area (Å²) in [4.78, 5) is 25.5. The summed E-state index contributed by atoms with van der Waals surface area (Å²) in [7, 11) is 0. The summed E-state index contributed by atoms with van der Waals surface area (Å²) in [6.07, 6.45) is 3.13. The van der Waals surface area contributed by atoms with Crippen LogP contribution < -0.4 is 0 Å². The number of hydrogen-bond donors (Lipinski definition) is 0. The van der Waals surface area contributed by atoms with Crippen LogP contribution in [0.4, 0.5) is 4.39 Å². The zero-order valence-corrected chi connectivity index (χ0v) is 17.5. The van der Waals surface area contributed by atoms with Crippen molar-refractivity contribution < 1.29 is 23.5 Å². The van der Waals surface area contributed by atoms with Crippen molar-refractivity contribution in [3.8, 4) is 11.1 Å². The van der Waals surface area contributed by atoms with Crippen LogP contribution in [-0.4, -0.2) is 17.5 Å². The highest BCUT2D eigenvalue weighted by atomic mass is 19.1. The Morgan fingerprint density at radius 2 is 1.70 bits per heavy atom. The number of carbonyl (C=O) groups excluding carboxylic acids is 2. The fourth-order valence-electron chi connectivity index (χ4n) is 4.18. The molecule has 0 atom stereocenters. The van der Waals surface area contributed by atoms with Crippen molar-refractivity contribution in [1.29, 1.82) is 0 Å². The van der Waals surface area contributed by atoms with Gasteiger partial charge in [0, 0.05) is 0 Å². The normalized spacial score (nSPS) is 17.7. The van der Waals surface area contributed by atoms with Crippen molar-refractivity contribution >= 4 is 17.5 Å². The van der Waals surface area contributed by atoms with Crippen molar-refractivity contribution in [1.82, 2.24) is 0 Å². The number of aryl methyl sites for hydroxylation is 1. The maximum Gasteiger partial charge on any atom is 0.343 e. The highest BCUT2D eigenvalue weighted by Crippen LogP contribution is 2.49. The molecule has 1 aliphatic heterocycles. The van der Waals surface area contributed by atoms with Gasteiger partial charge in [0.2, 0.25) is 0 Å². The molecule has 2 aromatic rings. The molecule has 0 radical (unpaired) electrons. The van der Waals surface area contributed by atoms with Gasteiger partial charge in [0.1, 0.15) is 11.4 Å². The maximum absolute atomic E-state index is 13.3. The summed E-state index contributed by atoms with van der Waals surface area (Å²) in [6.45, 7) is 5.44. The summed E-state index contributed by atoms with van der Waals surface area (Å²) in [5, 5.41) is 0. The Morgan fingerprint density at radius 1 is 1.07 bits per heavy atom. The molecule has 0 unspecified atom stereocenters. The fraction of sp³-hybridized carbons (Fsp3) is 0.360. The van der Waals surface area contributed by atoms with E-state index in [0.29, 0.717) is 29.7 Å². The quantitative estimate of drug-likeness (QED) is 0.620. The first-order valence-electron chi connectivity index (χ1n) is 10.4. The third-order valence-electron chi connectivity index (χ3n) is 5.90. The van der Waals surface area contributed by atoms with Crippen molar-refractivity contribution in [2.45, 2.75) is 52.1 Å². The summed E-state index contributed by atoms with van der Waals surface area (Å²) in [5.41, 5.74) is 2.71. The first-order valence-corrected chi connectivity index (χ1v) is 10.4. The Morgan fingerprint density at radius 3 is 2.33 bits per heavy atom. The van der Waals surface area contributed by atoms with Gasteiger partial charge in [-0.3, -0.25) is 4.79 Å². The molecule has 2 aliphatic rings. The third kappa shape index (κ3) is 3.53. The molecular weight excluding hydrogens is 383 g/mol. The van der Waals surface area contributed by atoms with Crippen LogP contribution in [0.2, 0.25) is 0 Å². The van der Waals surface area contributed by atoms with E-state index in [1.54, 1.807) is 26.0 Å². The van der Waals surface area contributed by atoms with E-state index >= 15 is 0 Å². The molecule has 1 aliphatic carbocycles. The molecule has 0 N–H and O–H groups in total. The summed E-state index contributed by atoms with van der Waals surface area (Å²) >= 11 is 0. The van der Waals surface area contributed by atoms with E-state index in [2.05, 4.69) is 0 Å². The van der Waals surface area contributed by atoms with E-state index in [0.717, 1.165) is 29.5 Å². The van der Waals surface area contributed by atoms with Crippen LogP contribution in [-0.2, 0) is 19.1 Å². The van der Waals surface area contributed by atoms with Crippen molar-refractivity contribution in [2.24, 2.45) is 5.92 Å². The number of hydrogen-bond acceptors (Lipinski definition) is 4. The van der Waals surface area contributed by atoms with Gasteiger partial charge in [-0.1, -0.05) is 38.1 Å². The van der Waals surface area contributed by atoms with Crippen molar-refractivity contribution in [2.75, 3.05) is 0 Å². The van der Waals surface area contributed by atoms with Gasteiger partial charge >= 0.3 is 11.9 Å².